The van der Waals surface area contributed by atoms with E-state index >= 15 is 0 Å². The Balaban J connectivity index is 1.66. The smallest absolute Gasteiger partial charge is 0.302 e. The summed E-state index contributed by atoms with van der Waals surface area (Å²) in [5.74, 6) is 0.313. The Morgan fingerprint density at radius 1 is 1.03 bits per heavy atom. The molecule has 2 aliphatic carbocycles. The highest BCUT2D eigenvalue weighted by Gasteiger charge is 2.43. The molecule has 180 valence electrons. The fraction of sp³-hybridized carbons (Fsp3) is 0.464. The summed E-state index contributed by atoms with van der Waals surface area (Å²) in [6, 6.07) is 13.1. The largest absolute Gasteiger partial charge is 0.407 e. The summed E-state index contributed by atoms with van der Waals surface area (Å²) in [6.07, 6.45) is 4.67. The van der Waals surface area contributed by atoms with Crippen molar-refractivity contribution in [3.8, 4) is 6.07 Å². The summed E-state index contributed by atoms with van der Waals surface area (Å²) < 4.78 is 43.0. The van der Waals surface area contributed by atoms with Gasteiger partial charge in [-0.15, -0.1) is 0 Å². The lowest BCUT2D eigenvalue weighted by Crippen LogP contribution is -2.45. The van der Waals surface area contributed by atoms with E-state index in [4.69, 9.17) is 11.6 Å². The first-order chi connectivity index (χ1) is 16.3. The second kappa shape index (κ2) is 11.0. The summed E-state index contributed by atoms with van der Waals surface area (Å²) >= 11 is 6.03. The number of hydrogen-bond donors (Lipinski definition) is 1. The molecule has 2 atom stereocenters. The number of fused-ring (bicyclic) bond motifs is 1. The van der Waals surface area contributed by atoms with Crippen LogP contribution in [-0.2, 0) is 6.42 Å². The first-order valence-corrected chi connectivity index (χ1v) is 12.5. The van der Waals surface area contributed by atoms with Crippen molar-refractivity contribution in [3.63, 3.8) is 0 Å². The minimum Gasteiger partial charge on any atom is -0.302 e. The second-order valence-corrected chi connectivity index (χ2v) is 10.0. The standard InChI is InChI=1S/C28H30ClF3N2/c29-23-12-9-19(10-13-23)15-22-7-4-8-25(24-14-11-21(17-33)16-26(22)24)27(28(30,31)32)34-18-20-5-2-1-3-6-20/h8-14,16,20,22,27,34H,1-7,15,18H2. The molecule has 2 aromatic carbocycles. The molecule has 0 saturated heterocycles. The minimum atomic E-state index is -4.40. The van der Waals surface area contributed by atoms with Crippen LogP contribution in [0.15, 0.2) is 48.5 Å². The lowest BCUT2D eigenvalue weighted by Gasteiger charge is -2.29. The first-order valence-electron chi connectivity index (χ1n) is 12.1. The summed E-state index contributed by atoms with van der Waals surface area (Å²) in [7, 11) is 0. The van der Waals surface area contributed by atoms with Gasteiger partial charge in [0.1, 0.15) is 6.04 Å². The molecule has 0 heterocycles. The van der Waals surface area contributed by atoms with Crippen LogP contribution in [0.1, 0.15) is 73.1 Å². The predicted molar refractivity (Wildman–Crippen MR) is 131 cm³/mol. The van der Waals surface area contributed by atoms with E-state index in [1.807, 2.05) is 24.3 Å². The van der Waals surface area contributed by atoms with Gasteiger partial charge in [-0.25, -0.2) is 0 Å². The molecule has 2 nitrogen and oxygen atoms in total. The average Bonchev–Trinajstić information content (AvgIpc) is 2.99. The highest BCUT2D eigenvalue weighted by Crippen LogP contribution is 2.41. The molecular formula is C28H30ClF3N2. The van der Waals surface area contributed by atoms with Crippen LogP contribution in [0.5, 0.6) is 0 Å². The Labute approximate surface area is 204 Å². The molecule has 0 spiro atoms. The van der Waals surface area contributed by atoms with E-state index in [1.165, 1.54) is 6.42 Å². The number of halogens is 4. The molecule has 2 aliphatic rings. The Morgan fingerprint density at radius 3 is 2.44 bits per heavy atom. The van der Waals surface area contributed by atoms with Crippen LogP contribution in [0, 0.1) is 17.2 Å². The molecule has 1 fully saturated rings. The molecule has 6 heteroatoms. The number of rotatable bonds is 6. The number of nitriles is 1. The molecule has 4 rings (SSSR count). The summed E-state index contributed by atoms with van der Waals surface area (Å²) in [5, 5.41) is 13.0. The van der Waals surface area contributed by atoms with Gasteiger partial charge in [0.15, 0.2) is 0 Å². The normalized spacial score (nSPS) is 20.1. The van der Waals surface area contributed by atoms with Crippen LogP contribution < -0.4 is 5.32 Å². The van der Waals surface area contributed by atoms with E-state index in [0.29, 0.717) is 47.0 Å². The molecule has 0 aliphatic heterocycles. The minimum absolute atomic E-state index is 0.0189. The number of alkyl halides is 3. The lowest BCUT2D eigenvalue weighted by atomic mass is 9.84. The van der Waals surface area contributed by atoms with Crippen LogP contribution in [0.25, 0.3) is 5.57 Å². The summed E-state index contributed by atoms with van der Waals surface area (Å²) in [4.78, 5) is 0. The van der Waals surface area contributed by atoms with Crippen LogP contribution in [0.4, 0.5) is 13.2 Å². The quantitative estimate of drug-likeness (QED) is 0.451. The summed E-state index contributed by atoms with van der Waals surface area (Å²) in [6.45, 7) is 0.376. The molecule has 1 saturated carbocycles. The van der Waals surface area contributed by atoms with Crippen molar-refractivity contribution in [2.75, 3.05) is 6.54 Å². The first kappa shape index (κ1) is 24.8. The maximum atomic E-state index is 14.3. The molecule has 0 amide bonds. The maximum Gasteiger partial charge on any atom is 0.407 e. The Kier molecular flexibility index (Phi) is 8.01. The fourth-order valence-electron chi connectivity index (χ4n) is 5.41. The monoisotopic (exact) mass is 486 g/mol. The van der Waals surface area contributed by atoms with Crippen LogP contribution in [-0.4, -0.2) is 18.8 Å². The van der Waals surface area contributed by atoms with Crippen LogP contribution in [0.2, 0.25) is 5.02 Å². The molecule has 1 N–H and O–H groups in total. The van der Waals surface area contributed by atoms with Crippen molar-refractivity contribution in [1.29, 1.82) is 5.26 Å². The van der Waals surface area contributed by atoms with Gasteiger partial charge in [-0.3, -0.25) is 0 Å². The molecule has 2 aromatic rings. The summed E-state index contributed by atoms with van der Waals surface area (Å²) in [5.41, 5.74) is 3.27. The van der Waals surface area contributed by atoms with Gasteiger partial charge in [-0.1, -0.05) is 55.1 Å². The molecule has 0 bridgehead atoms. The Bertz CT molecular complexity index is 1050. The highest BCUT2D eigenvalue weighted by molar-refractivity contribution is 6.30. The third kappa shape index (κ3) is 6.03. The Morgan fingerprint density at radius 2 is 1.76 bits per heavy atom. The van der Waals surface area contributed by atoms with Gasteiger partial charge in [-0.2, -0.15) is 18.4 Å². The van der Waals surface area contributed by atoms with Crippen molar-refractivity contribution in [2.45, 2.75) is 69.5 Å². The molecule has 0 radical (unpaired) electrons. The van der Waals surface area contributed by atoms with Gasteiger partial charge in [0.25, 0.3) is 0 Å². The van der Waals surface area contributed by atoms with Crippen molar-refractivity contribution in [2.24, 2.45) is 5.92 Å². The van der Waals surface area contributed by atoms with Gasteiger partial charge < -0.3 is 5.32 Å². The van der Waals surface area contributed by atoms with E-state index in [-0.39, 0.29) is 5.92 Å². The number of nitrogens with one attached hydrogen (secondary N) is 1. The molecular weight excluding hydrogens is 457 g/mol. The number of allylic oxidation sites excluding steroid dienone is 1. The Hall–Kier alpha value is -2.29. The molecule has 2 unspecified atom stereocenters. The third-order valence-corrected chi connectivity index (χ3v) is 7.43. The van der Waals surface area contributed by atoms with Crippen LogP contribution in [0.3, 0.4) is 0 Å². The third-order valence-electron chi connectivity index (χ3n) is 7.18. The van der Waals surface area contributed by atoms with E-state index in [0.717, 1.165) is 43.2 Å². The van der Waals surface area contributed by atoms with E-state index < -0.39 is 12.2 Å². The van der Waals surface area contributed by atoms with Crippen LogP contribution >= 0.6 is 11.6 Å². The van der Waals surface area contributed by atoms with Gasteiger partial charge >= 0.3 is 6.18 Å². The zero-order valence-corrected chi connectivity index (χ0v) is 19.9. The number of benzene rings is 2. The average molecular weight is 487 g/mol. The van der Waals surface area contributed by atoms with Gasteiger partial charge in [-0.05, 0) is 97.0 Å². The highest BCUT2D eigenvalue weighted by atomic mass is 35.5. The second-order valence-electron chi connectivity index (χ2n) is 9.57. The molecule has 34 heavy (non-hydrogen) atoms. The van der Waals surface area contributed by atoms with Gasteiger partial charge in [0, 0.05) is 5.02 Å². The van der Waals surface area contributed by atoms with E-state index in [2.05, 4.69) is 11.4 Å². The topological polar surface area (TPSA) is 35.8 Å². The zero-order chi connectivity index (χ0) is 24.1. The fourth-order valence-corrected chi connectivity index (χ4v) is 5.53. The zero-order valence-electron chi connectivity index (χ0n) is 19.2. The van der Waals surface area contributed by atoms with Gasteiger partial charge in [0.05, 0.1) is 11.6 Å². The maximum absolute atomic E-state index is 14.3. The number of nitrogens with zero attached hydrogens (tertiary/aromatic N) is 1. The van der Waals surface area contributed by atoms with Crippen molar-refractivity contribution >= 4 is 17.2 Å². The SMILES string of the molecule is N#Cc1ccc2c(c1)C(Cc1ccc(Cl)cc1)CCC=C2C(NCC1CCCCC1)C(F)(F)F. The lowest BCUT2D eigenvalue weighted by molar-refractivity contribution is -0.142. The van der Waals surface area contributed by atoms with Crippen molar-refractivity contribution in [3.05, 3.63) is 75.8 Å². The van der Waals surface area contributed by atoms with E-state index in [1.54, 1.807) is 24.3 Å². The van der Waals surface area contributed by atoms with Crippen molar-refractivity contribution < 1.29 is 13.2 Å². The van der Waals surface area contributed by atoms with Crippen molar-refractivity contribution in [1.82, 2.24) is 5.32 Å². The van der Waals surface area contributed by atoms with Gasteiger partial charge in [0.2, 0.25) is 0 Å². The predicted octanol–water partition coefficient (Wildman–Crippen LogP) is 7.82. The molecule has 0 aromatic heterocycles. The van der Waals surface area contributed by atoms with E-state index in [9.17, 15) is 18.4 Å². The number of hydrogen-bond acceptors (Lipinski definition) is 2.